The Hall–Kier alpha value is -2.51. The Labute approximate surface area is 153 Å². The first kappa shape index (κ1) is 18.8. The third-order valence-corrected chi connectivity index (χ3v) is 4.16. The first-order valence-corrected chi connectivity index (χ1v) is 8.28. The molecule has 0 saturated heterocycles. The molecule has 0 aliphatic rings. The van der Waals surface area contributed by atoms with Crippen molar-refractivity contribution in [2.75, 3.05) is 13.1 Å². The number of rotatable bonds is 7. The van der Waals surface area contributed by atoms with E-state index in [4.69, 9.17) is 18.0 Å². The molecule has 7 heteroatoms. The summed E-state index contributed by atoms with van der Waals surface area (Å²) in [5, 5.41) is 19.4. The SMILES string of the molecule is C=CCN(CC=C)Cn1c(O)c(N=NC(N)=S)c2c(C)c(C)ccc21. The van der Waals surface area contributed by atoms with Gasteiger partial charge in [0.15, 0.2) is 5.69 Å². The number of thiocarbonyl (C=S) groups is 1. The molecular formula is C18H23N5OS. The Bertz CT molecular complexity index is 843. The molecule has 6 nitrogen and oxygen atoms in total. The van der Waals surface area contributed by atoms with Crippen LogP contribution < -0.4 is 5.73 Å². The number of aromatic nitrogens is 1. The molecular weight excluding hydrogens is 334 g/mol. The van der Waals surface area contributed by atoms with E-state index in [9.17, 15) is 5.11 Å². The summed E-state index contributed by atoms with van der Waals surface area (Å²) < 4.78 is 1.79. The van der Waals surface area contributed by atoms with Crippen LogP contribution in [0.5, 0.6) is 5.88 Å². The van der Waals surface area contributed by atoms with Gasteiger partial charge in [-0.2, -0.15) is 0 Å². The van der Waals surface area contributed by atoms with E-state index in [0.29, 0.717) is 25.4 Å². The molecule has 0 bridgehead atoms. The Kier molecular flexibility index (Phi) is 6.06. The molecule has 1 aromatic carbocycles. The van der Waals surface area contributed by atoms with Crippen LogP contribution in [-0.2, 0) is 6.67 Å². The topological polar surface area (TPSA) is 79.1 Å². The van der Waals surface area contributed by atoms with Crippen molar-refractivity contribution in [3.05, 3.63) is 48.6 Å². The summed E-state index contributed by atoms with van der Waals surface area (Å²) in [6, 6.07) is 3.99. The lowest BCUT2D eigenvalue weighted by atomic mass is 10.1. The number of aromatic hydroxyl groups is 1. The molecule has 0 atom stereocenters. The molecule has 25 heavy (non-hydrogen) atoms. The number of hydrogen-bond donors (Lipinski definition) is 2. The van der Waals surface area contributed by atoms with Crippen LogP contribution in [0.1, 0.15) is 11.1 Å². The molecule has 0 unspecified atom stereocenters. The minimum Gasteiger partial charge on any atom is -0.493 e. The maximum atomic E-state index is 10.8. The monoisotopic (exact) mass is 357 g/mol. The van der Waals surface area contributed by atoms with Crippen molar-refractivity contribution in [2.24, 2.45) is 16.0 Å². The molecule has 0 aliphatic heterocycles. The summed E-state index contributed by atoms with van der Waals surface area (Å²) in [6.07, 6.45) is 3.63. The van der Waals surface area contributed by atoms with Gasteiger partial charge in [-0.1, -0.05) is 18.2 Å². The van der Waals surface area contributed by atoms with E-state index in [1.54, 1.807) is 4.57 Å². The maximum absolute atomic E-state index is 10.8. The number of hydrogen-bond acceptors (Lipinski definition) is 4. The lowest BCUT2D eigenvalue weighted by Gasteiger charge is -2.20. The zero-order chi connectivity index (χ0) is 18.6. The zero-order valence-corrected chi connectivity index (χ0v) is 15.4. The first-order chi connectivity index (χ1) is 11.9. The van der Waals surface area contributed by atoms with Crippen molar-refractivity contribution in [1.29, 1.82) is 0 Å². The van der Waals surface area contributed by atoms with Gasteiger partial charge in [0, 0.05) is 18.5 Å². The van der Waals surface area contributed by atoms with E-state index in [1.807, 2.05) is 38.1 Å². The van der Waals surface area contributed by atoms with E-state index < -0.39 is 0 Å². The van der Waals surface area contributed by atoms with Crippen LogP contribution in [0.15, 0.2) is 47.7 Å². The average molecular weight is 357 g/mol. The van der Waals surface area contributed by atoms with Gasteiger partial charge < -0.3 is 10.8 Å². The fourth-order valence-electron chi connectivity index (χ4n) is 2.77. The Morgan fingerprint density at radius 3 is 2.52 bits per heavy atom. The van der Waals surface area contributed by atoms with Crippen molar-refractivity contribution in [1.82, 2.24) is 9.47 Å². The largest absolute Gasteiger partial charge is 0.493 e. The number of azo groups is 1. The molecule has 2 aromatic rings. The van der Waals surface area contributed by atoms with Crippen molar-refractivity contribution >= 4 is 33.9 Å². The highest BCUT2D eigenvalue weighted by Crippen LogP contribution is 2.41. The minimum absolute atomic E-state index is 0.0295. The normalized spacial score (nSPS) is 11.5. The van der Waals surface area contributed by atoms with E-state index in [2.05, 4.69) is 28.3 Å². The number of nitrogens with zero attached hydrogens (tertiary/aromatic N) is 4. The molecule has 2 rings (SSSR count). The highest BCUT2D eigenvalue weighted by molar-refractivity contribution is 7.80. The van der Waals surface area contributed by atoms with Gasteiger partial charge >= 0.3 is 0 Å². The lowest BCUT2D eigenvalue weighted by molar-refractivity contribution is 0.255. The van der Waals surface area contributed by atoms with E-state index in [1.165, 1.54) is 0 Å². The van der Waals surface area contributed by atoms with Gasteiger partial charge in [-0.05, 0) is 43.3 Å². The van der Waals surface area contributed by atoms with Crippen LogP contribution in [0.4, 0.5) is 5.69 Å². The summed E-state index contributed by atoms with van der Waals surface area (Å²) in [5.41, 5.74) is 8.80. The van der Waals surface area contributed by atoms with Gasteiger partial charge in [0.1, 0.15) is 0 Å². The Morgan fingerprint density at radius 1 is 1.32 bits per heavy atom. The minimum atomic E-state index is -0.0782. The molecule has 1 aromatic heterocycles. The number of benzene rings is 1. The molecule has 0 amide bonds. The van der Waals surface area contributed by atoms with Gasteiger partial charge in [-0.3, -0.25) is 9.47 Å². The summed E-state index contributed by atoms with van der Waals surface area (Å²) in [5.74, 6) is 0.0295. The second-order valence-corrected chi connectivity index (χ2v) is 6.21. The predicted molar refractivity (Wildman–Crippen MR) is 106 cm³/mol. The summed E-state index contributed by atoms with van der Waals surface area (Å²) in [4.78, 5) is 2.09. The van der Waals surface area contributed by atoms with Crippen molar-refractivity contribution in [3.63, 3.8) is 0 Å². The first-order valence-electron chi connectivity index (χ1n) is 7.87. The average Bonchev–Trinajstić information content (AvgIpc) is 2.82. The van der Waals surface area contributed by atoms with Gasteiger partial charge in [-0.25, -0.2) is 0 Å². The molecule has 0 aliphatic carbocycles. The number of aryl methyl sites for hydroxylation is 2. The summed E-state index contributed by atoms with van der Waals surface area (Å²) >= 11 is 4.76. The molecule has 3 N–H and O–H groups in total. The van der Waals surface area contributed by atoms with Crippen molar-refractivity contribution in [2.45, 2.75) is 20.5 Å². The maximum Gasteiger partial charge on any atom is 0.221 e. The van der Waals surface area contributed by atoms with Crippen LogP contribution in [-0.4, -0.2) is 32.8 Å². The quantitative estimate of drug-likeness (QED) is 0.447. The third-order valence-electron chi connectivity index (χ3n) is 4.07. The molecule has 132 valence electrons. The fourth-order valence-corrected chi connectivity index (χ4v) is 2.81. The zero-order valence-electron chi connectivity index (χ0n) is 14.6. The number of fused-ring (bicyclic) bond motifs is 1. The molecule has 0 radical (unpaired) electrons. The van der Waals surface area contributed by atoms with E-state index >= 15 is 0 Å². The third kappa shape index (κ3) is 3.94. The van der Waals surface area contributed by atoms with Crippen LogP contribution in [0.2, 0.25) is 0 Å². The predicted octanol–water partition coefficient (Wildman–Crippen LogP) is 3.92. The second-order valence-electron chi connectivity index (χ2n) is 5.79. The highest BCUT2D eigenvalue weighted by Gasteiger charge is 2.20. The molecule has 0 fully saturated rings. The van der Waals surface area contributed by atoms with Crippen LogP contribution in [0.3, 0.4) is 0 Å². The van der Waals surface area contributed by atoms with E-state index in [0.717, 1.165) is 22.0 Å². The van der Waals surface area contributed by atoms with Crippen LogP contribution in [0.25, 0.3) is 10.9 Å². The number of nitrogens with two attached hydrogens (primary N) is 1. The molecule has 0 saturated carbocycles. The summed E-state index contributed by atoms with van der Waals surface area (Å²) in [6.45, 7) is 13.4. The standard InChI is InChI=1S/C18H23N5OS/c1-5-9-22(10-6-2)11-23-14-8-7-12(3)13(4)15(14)16(17(23)24)20-21-18(19)25/h5-8,24H,1-2,9-11H2,3-4H3,(H2,19,25). The van der Waals surface area contributed by atoms with Crippen LogP contribution in [0, 0.1) is 13.8 Å². The van der Waals surface area contributed by atoms with Gasteiger partial charge in [0.2, 0.25) is 11.0 Å². The van der Waals surface area contributed by atoms with Gasteiger partial charge in [0.05, 0.1) is 12.2 Å². The van der Waals surface area contributed by atoms with Crippen molar-refractivity contribution < 1.29 is 5.11 Å². The fraction of sp³-hybridized carbons (Fsp3) is 0.278. The highest BCUT2D eigenvalue weighted by atomic mass is 32.1. The molecule has 0 spiro atoms. The molecule has 1 heterocycles. The Morgan fingerprint density at radius 2 is 1.96 bits per heavy atom. The van der Waals surface area contributed by atoms with E-state index in [-0.39, 0.29) is 11.0 Å². The van der Waals surface area contributed by atoms with Crippen LogP contribution >= 0.6 is 12.2 Å². The van der Waals surface area contributed by atoms with Gasteiger partial charge in [-0.15, -0.1) is 23.4 Å². The Balaban J connectivity index is 2.66. The summed E-state index contributed by atoms with van der Waals surface area (Å²) in [7, 11) is 0. The second kappa shape index (κ2) is 8.04. The lowest BCUT2D eigenvalue weighted by Crippen LogP contribution is -2.26. The van der Waals surface area contributed by atoms with Gasteiger partial charge in [0.25, 0.3) is 0 Å². The smallest absolute Gasteiger partial charge is 0.221 e. The van der Waals surface area contributed by atoms with Crippen molar-refractivity contribution in [3.8, 4) is 5.88 Å².